The number of ether oxygens (including phenoxy) is 1. The van der Waals surface area contributed by atoms with Crippen LogP contribution in [-0.4, -0.2) is 17.6 Å². The normalized spacial score (nSPS) is 14.0. The van der Waals surface area contributed by atoms with Crippen LogP contribution in [-0.2, 0) is 4.74 Å². The molecule has 1 saturated carbocycles. The number of hydrogen-bond donors (Lipinski definition) is 1. The Morgan fingerprint density at radius 2 is 1.95 bits per heavy atom. The van der Waals surface area contributed by atoms with Gasteiger partial charge in [0.25, 0.3) is 0 Å². The van der Waals surface area contributed by atoms with Crippen LogP contribution in [0.25, 0.3) is 11.3 Å². The first-order valence-electron chi connectivity index (χ1n) is 6.85. The zero-order valence-electron chi connectivity index (χ0n) is 11.9. The lowest BCUT2D eigenvalue weighted by atomic mass is 10.1. The van der Waals surface area contributed by atoms with Crippen molar-refractivity contribution in [3.8, 4) is 11.3 Å². The fraction of sp³-hybridized carbons (Fsp3) is 0.250. The van der Waals surface area contributed by atoms with E-state index in [0.29, 0.717) is 16.3 Å². The fourth-order valence-electron chi connectivity index (χ4n) is 2.45. The van der Waals surface area contributed by atoms with Crippen molar-refractivity contribution < 1.29 is 13.9 Å². The van der Waals surface area contributed by atoms with Gasteiger partial charge >= 0.3 is 5.97 Å². The van der Waals surface area contributed by atoms with E-state index in [4.69, 9.17) is 0 Å². The van der Waals surface area contributed by atoms with Gasteiger partial charge in [0.05, 0.1) is 17.8 Å². The number of methoxy groups -OCH3 is 1. The van der Waals surface area contributed by atoms with Crippen LogP contribution in [0.3, 0.4) is 0 Å². The van der Waals surface area contributed by atoms with Crippen LogP contribution in [0.4, 0.5) is 4.39 Å². The lowest BCUT2D eigenvalue weighted by molar-refractivity contribution is 0.0593. The molecule has 1 aliphatic rings. The third-order valence-corrected chi connectivity index (χ3v) is 4.11. The molecule has 1 aromatic heterocycles. The number of halogens is 1. The Balaban J connectivity index is 2.25. The molecular weight excluding hydrogens is 305 g/mol. The number of rotatable bonds is 3. The number of benzene rings is 1. The summed E-state index contributed by atoms with van der Waals surface area (Å²) < 4.78 is 19.6. The molecule has 22 heavy (non-hydrogen) atoms. The highest BCUT2D eigenvalue weighted by Crippen LogP contribution is 2.40. The summed E-state index contributed by atoms with van der Waals surface area (Å²) >= 11 is 4.38. The summed E-state index contributed by atoms with van der Waals surface area (Å²) in [6.07, 6.45) is 1.90. The van der Waals surface area contributed by atoms with E-state index in [1.54, 1.807) is 12.1 Å². The van der Waals surface area contributed by atoms with Crippen molar-refractivity contribution in [3.63, 3.8) is 0 Å². The molecular formula is C16H14FNO3S. The van der Waals surface area contributed by atoms with E-state index in [0.717, 1.165) is 12.8 Å². The molecule has 1 aromatic carbocycles. The molecule has 0 atom stereocenters. The molecule has 114 valence electrons. The summed E-state index contributed by atoms with van der Waals surface area (Å²) in [5.74, 6) is -1.04. The molecule has 0 unspecified atom stereocenters. The summed E-state index contributed by atoms with van der Waals surface area (Å²) in [5, 5.41) is 0.293. The topological polar surface area (TPSA) is 48.3 Å². The van der Waals surface area contributed by atoms with Gasteiger partial charge in [-0.15, -0.1) is 12.6 Å². The Bertz CT molecular complexity index is 794. The van der Waals surface area contributed by atoms with E-state index in [-0.39, 0.29) is 17.4 Å². The van der Waals surface area contributed by atoms with Crippen LogP contribution in [0.1, 0.15) is 29.2 Å². The number of hydrogen-bond acceptors (Lipinski definition) is 4. The van der Waals surface area contributed by atoms with Crippen molar-refractivity contribution in [2.75, 3.05) is 7.11 Å². The molecule has 0 amide bonds. The average Bonchev–Trinajstić information content (AvgIpc) is 3.31. The van der Waals surface area contributed by atoms with Gasteiger partial charge in [-0.25, -0.2) is 9.18 Å². The molecule has 0 bridgehead atoms. The number of aromatic nitrogens is 1. The van der Waals surface area contributed by atoms with Crippen LogP contribution in [0.2, 0.25) is 0 Å². The van der Waals surface area contributed by atoms with Gasteiger partial charge in [-0.2, -0.15) is 0 Å². The summed E-state index contributed by atoms with van der Waals surface area (Å²) in [6, 6.07) is 7.46. The summed E-state index contributed by atoms with van der Waals surface area (Å²) in [7, 11) is 1.23. The first kappa shape index (κ1) is 14.8. The minimum Gasteiger partial charge on any atom is -0.465 e. The number of pyridine rings is 1. The molecule has 3 rings (SSSR count). The van der Waals surface area contributed by atoms with E-state index in [1.165, 1.54) is 25.3 Å². The Hall–Kier alpha value is -2.08. The van der Waals surface area contributed by atoms with Crippen molar-refractivity contribution in [1.82, 2.24) is 4.57 Å². The zero-order valence-corrected chi connectivity index (χ0v) is 12.8. The average molecular weight is 319 g/mol. The van der Waals surface area contributed by atoms with E-state index in [2.05, 4.69) is 17.4 Å². The van der Waals surface area contributed by atoms with E-state index < -0.39 is 11.4 Å². The highest BCUT2D eigenvalue weighted by molar-refractivity contribution is 7.80. The molecule has 2 aromatic rings. The van der Waals surface area contributed by atoms with Gasteiger partial charge < -0.3 is 9.30 Å². The second-order valence-corrected chi connectivity index (χ2v) is 5.62. The maximum atomic E-state index is 13.1. The Labute approximate surface area is 131 Å². The van der Waals surface area contributed by atoms with E-state index >= 15 is 0 Å². The fourth-order valence-corrected chi connectivity index (χ4v) is 2.92. The lowest BCUT2D eigenvalue weighted by Gasteiger charge is -2.18. The van der Waals surface area contributed by atoms with Gasteiger partial charge in [0.2, 0.25) is 0 Å². The van der Waals surface area contributed by atoms with E-state index in [9.17, 15) is 14.0 Å². The first-order valence-corrected chi connectivity index (χ1v) is 7.30. The maximum Gasteiger partial charge on any atom is 0.344 e. The van der Waals surface area contributed by atoms with Gasteiger partial charge in [-0.3, -0.25) is 4.79 Å². The third-order valence-electron chi connectivity index (χ3n) is 3.67. The summed E-state index contributed by atoms with van der Waals surface area (Å²) in [6.45, 7) is 0. The molecule has 1 heterocycles. The van der Waals surface area contributed by atoms with Gasteiger partial charge in [0, 0.05) is 12.1 Å². The zero-order chi connectivity index (χ0) is 15.9. The van der Waals surface area contributed by atoms with Crippen molar-refractivity contribution in [2.24, 2.45) is 0 Å². The highest BCUT2D eigenvalue weighted by Gasteiger charge is 2.30. The van der Waals surface area contributed by atoms with Gasteiger partial charge in [0.15, 0.2) is 5.43 Å². The second kappa shape index (κ2) is 5.61. The standard InChI is InChI=1S/C16H14FNO3S/c1-21-16(20)14-13(19)8-12(9-2-4-10(17)5-3-9)18(15(14)22)11-6-7-11/h2-5,8,11,22H,6-7H2,1H3. The largest absolute Gasteiger partial charge is 0.465 e. The van der Waals surface area contributed by atoms with Gasteiger partial charge in [-0.1, -0.05) is 0 Å². The van der Waals surface area contributed by atoms with Crippen molar-refractivity contribution in [2.45, 2.75) is 23.9 Å². The monoisotopic (exact) mass is 319 g/mol. The molecule has 0 radical (unpaired) electrons. The quantitative estimate of drug-likeness (QED) is 0.699. The molecule has 4 nitrogen and oxygen atoms in total. The van der Waals surface area contributed by atoms with Crippen LogP contribution in [0, 0.1) is 5.82 Å². The number of thiol groups is 1. The number of esters is 1. The van der Waals surface area contributed by atoms with Crippen LogP contribution in [0.5, 0.6) is 0 Å². The van der Waals surface area contributed by atoms with Crippen molar-refractivity contribution in [1.29, 1.82) is 0 Å². The summed E-state index contributed by atoms with van der Waals surface area (Å²) in [5.41, 5.74) is 0.818. The Morgan fingerprint density at radius 1 is 1.32 bits per heavy atom. The first-order chi connectivity index (χ1) is 10.5. The number of carbonyl (C=O) groups is 1. The van der Waals surface area contributed by atoms with Crippen LogP contribution in [0.15, 0.2) is 40.2 Å². The van der Waals surface area contributed by atoms with Crippen molar-refractivity contribution in [3.05, 3.63) is 51.9 Å². The number of carbonyl (C=O) groups excluding carboxylic acids is 1. The number of nitrogens with zero attached hydrogens (tertiary/aromatic N) is 1. The van der Waals surface area contributed by atoms with Gasteiger partial charge in [0.1, 0.15) is 11.4 Å². The molecule has 0 saturated heterocycles. The molecule has 0 aliphatic heterocycles. The van der Waals surface area contributed by atoms with E-state index in [1.807, 2.05) is 4.57 Å². The molecule has 0 N–H and O–H groups in total. The Kier molecular flexibility index (Phi) is 3.78. The minimum absolute atomic E-state index is 0.0661. The second-order valence-electron chi connectivity index (χ2n) is 5.19. The SMILES string of the molecule is COC(=O)c1c(S)n(C2CC2)c(-c2ccc(F)cc2)cc1=O. The molecule has 0 spiro atoms. The van der Waals surface area contributed by atoms with Crippen LogP contribution < -0.4 is 5.43 Å². The molecule has 1 aliphatic carbocycles. The highest BCUT2D eigenvalue weighted by atomic mass is 32.1. The smallest absolute Gasteiger partial charge is 0.344 e. The third kappa shape index (κ3) is 2.54. The predicted octanol–water partition coefficient (Wildman–Crippen LogP) is 3.06. The Morgan fingerprint density at radius 3 is 2.50 bits per heavy atom. The maximum absolute atomic E-state index is 13.1. The predicted molar refractivity (Wildman–Crippen MR) is 83.0 cm³/mol. The molecule has 1 fully saturated rings. The minimum atomic E-state index is -0.699. The summed E-state index contributed by atoms with van der Waals surface area (Å²) in [4.78, 5) is 24.1. The lowest BCUT2D eigenvalue weighted by Crippen LogP contribution is -2.22. The van der Waals surface area contributed by atoms with Gasteiger partial charge in [-0.05, 0) is 42.7 Å². The van der Waals surface area contributed by atoms with Crippen LogP contribution >= 0.6 is 12.6 Å². The van der Waals surface area contributed by atoms with Crippen molar-refractivity contribution >= 4 is 18.6 Å². The molecule has 6 heteroatoms.